The zero-order valence-electron chi connectivity index (χ0n) is 4.94. The smallest absolute Gasteiger partial charge is 0.264 e. The molecule has 0 heterocycles. The predicted octanol–water partition coefficient (Wildman–Crippen LogP) is 1.27. The molecular formula is C5H10F2O. The van der Waals surface area contributed by atoms with Crippen molar-refractivity contribution in [1.29, 1.82) is 0 Å². The van der Waals surface area contributed by atoms with Crippen LogP contribution in [-0.2, 0) is 0 Å². The number of hydrogen-bond acceptors (Lipinski definition) is 1. The molecule has 3 heteroatoms. The fourth-order valence-corrected chi connectivity index (χ4v) is 0.291. The van der Waals surface area contributed by atoms with Gasteiger partial charge in [0.1, 0.15) is 6.10 Å². The molecule has 0 radical (unpaired) electrons. The largest absolute Gasteiger partial charge is 0.387 e. The van der Waals surface area contributed by atoms with Gasteiger partial charge in [0.2, 0.25) is 0 Å². The van der Waals surface area contributed by atoms with Crippen molar-refractivity contribution in [3.63, 3.8) is 0 Å². The minimum atomic E-state index is -2.60. The molecule has 0 saturated heterocycles. The molecular weight excluding hydrogens is 114 g/mol. The lowest BCUT2D eigenvalue weighted by Crippen LogP contribution is -2.23. The molecule has 0 amide bonds. The molecule has 0 rings (SSSR count). The molecule has 0 bridgehead atoms. The minimum Gasteiger partial charge on any atom is -0.387 e. The summed E-state index contributed by atoms with van der Waals surface area (Å²) in [7, 11) is 0. The lowest BCUT2D eigenvalue weighted by molar-refractivity contribution is -0.0300. The van der Waals surface area contributed by atoms with Crippen molar-refractivity contribution in [3.8, 4) is 0 Å². The quantitative estimate of drug-likeness (QED) is 0.587. The molecule has 0 fully saturated rings. The fourth-order valence-electron chi connectivity index (χ4n) is 0.291. The third-order valence-corrected chi connectivity index (χ3v) is 0.941. The van der Waals surface area contributed by atoms with Gasteiger partial charge in [0, 0.05) is 0 Å². The van der Waals surface area contributed by atoms with Crippen LogP contribution in [0.1, 0.15) is 13.8 Å². The molecule has 0 aliphatic rings. The van der Waals surface area contributed by atoms with Crippen molar-refractivity contribution in [2.75, 3.05) is 0 Å². The van der Waals surface area contributed by atoms with E-state index in [2.05, 4.69) is 0 Å². The average molecular weight is 124 g/mol. The van der Waals surface area contributed by atoms with Gasteiger partial charge in [0.15, 0.2) is 0 Å². The molecule has 1 N–H and O–H groups in total. The summed E-state index contributed by atoms with van der Waals surface area (Å²) in [6.07, 6.45) is -4.06. The van der Waals surface area contributed by atoms with Crippen molar-refractivity contribution < 1.29 is 13.9 Å². The SMILES string of the molecule is CC(C)C(O)C(F)F. The molecule has 0 aromatic heterocycles. The number of hydrogen-bond donors (Lipinski definition) is 1. The van der Waals surface area contributed by atoms with E-state index in [9.17, 15) is 8.78 Å². The van der Waals surface area contributed by atoms with Gasteiger partial charge in [-0.3, -0.25) is 0 Å². The maximum atomic E-state index is 11.4. The summed E-state index contributed by atoms with van der Waals surface area (Å²) in [5.74, 6) is -0.352. The highest BCUT2D eigenvalue weighted by atomic mass is 19.3. The van der Waals surface area contributed by atoms with E-state index in [1.165, 1.54) is 0 Å². The van der Waals surface area contributed by atoms with Gasteiger partial charge in [0.25, 0.3) is 6.43 Å². The van der Waals surface area contributed by atoms with Crippen molar-refractivity contribution in [2.45, 2.75) is 26.4 Å². The molecule has 1 nitrogen and oxygen atoms in total. The van der Waals surface area contributed by atoms with Crippen LogP contribution in [0.2, 0.25) is 0 Å². The van der Waals surface area contributed by atoms with Gasteiger partial charge >= 0.3 is 0 Å². The van der Waals surface area contributed by atoms with E-state index in [0.717, 1.165) is 0 Å². The lowest BCUT2D eigenvalue weighted by Gasteiger charge is -2.11. The number of alkyl halides is 2. The molecule has 8 heavy (non-hydrogen) atoms. The normalized spacial score (nSPS) is 15.4. The van der Waals surface area contributed by atoms with Crippen LogP contribution in [-0.4, -0.2) is 17.6 Å². The summed E-state index contributed by atoms with van der Waals surface area (Å²) in [4.78, 5) is 0. The summed E-state index contributed by atoms with van der Waals surface area (Å²) < 4.78 is 22.9. The number of halogens is 2. The summed E-state index contributed by atoms with van der Waals surface area (Å²) in [6, 6.07) is 0. The first kappa shape index (κ1) is 7.82. The summed E-state index contributed by atoms with van der Waals surface area (Å²) >= 11 is 0. The second-order valence-corrected chi connectivity index (χ2v) is 2.07. The number of aliphatic hydroxyl groups is 1. The van der Waals surface area contributed by atoms with Crippen LogP contribution in [0.4, 0.5) is 8.78 Å². The topological polar surface area (TPSA) is 20.2 Å². The fraction of sp³-hybridized carbons (Fsp3) is 1.00. The maximum absolute atomic E-state index is 11.4. The van der Waals surface area contributed by atoms with E-state index in [4.69, 9.17) is 5.11 Å². The highest BCUT2D eigenvalue weighted by Crippen LogP contribution is 2.09. The Morgan fingerprint density at radius 2 is 1.62 bits per heavy atom. The van der Waals surface area contributed by atoms with Gasteiger partial charge < -0.3 is 5.11 Å². The Morgan fingerprint density at radius 1 is 1.25 bits per heavy atom. The molecule has 0 aromatic carbocycles. The second-order valence-electron chi connectivity index (χ2n) is 2.07. The Labute approximate surface area is 47.3 Å². The van der Waals surface area contributed by atoms with E-state index >= 15 is 0 Å². The van der Waals surface area contributed by atoms with Crippen LogP contribution in [0.3, 0.4) is 0 Å². The molecule has 1 unspecified atom stereocenters. The zero-order chi connectivity index (χ0) is 6.73. The van der Waals surface area contributed by atoms with E-state index in [0.29, 0.717) is 0 Å². The monoisotopic (exact) mass is 124 g/mol. The van der Waals surface area contributed by atoms with Crippen LogP contribution in [0.15, 0.2) is 0 Å². The Bertz CT molecular complexity index is 55.4. The molecule has 0 aromatic rings. The summed E-state index contributed by atoms with van der Waals surface area (Å²) in [6.45, 7) is 3.10. The van der Waals surface area contributed by atoms with Crippen molar-refractivity contribution in [2.24, 2.45) is 5.92 Å². The maximum Gasteiger partial charge on any atom is 0.264 e. The van der Waals surface area contributed by atoms with Gasteiger partial charge in [-0.1, -0.05) is 13.8 Å². The molecule has 0 saturated carbocycles. The molecule has 0 aliphatic carbocycles. The second kappa shape index (κ2) is 2.97. The molecule has 0 spiro atoms. The predicted molar refractivity (Wildman–Crippen MR) is 26.8 cm³/mol. The van der Waals surface area contributed by atoms with Gasteiger partial charge in [-0.25, -0.2) is 8.78 Å². The summed E-state index contributed by atoms with van der Waals surface area (Å²) in [5, 5.41) is 8.45. The third-order valence-electron chi connectivity index (χ3n) is 0.941. The minimum absolute atomic E-state index is 0.352. The Kier molecular flexibility index (Phi) is 2.90. The standard InChI is InChI=1S/C5H10F2O/c1-3(2)4(8)5(6)7/h3-5,8H,1-2H3. The van der Waals surface area contributed by atoms with Crippen LogP contribution in [0, 0.1) is 5.92 Å². The Hall–Kier alpha value is -0.180. The van der Waals surface area contributed by atoms with Crippen molar-refractivity contribution >= 4 is 0 Å². The Morgan fingerprint density at radius 3 is 1.62 bits per heavy atom. The first-order valence-electron chi connectivity index (χ1n) is 2.52. The van der Waals surface area contributed by atoms with Gasteiger partial charge in [-0.15, -0.1) is 0 Å². The lowest BCUT2D eigenvalue weighted by atomic mass is 10.1. The Balaban J connectivity index is 3.46. The van der Waals surface area contributed by atoms with Gasteiger partial charge in [-0.05, 0) is 5.92 Å². The summed E-state index contributed by atoms with van der Waals surface area (Å²) in [5.41, 5.74) is 0. The average Bonchev–Trinajstić information content (AvgIpc) is 1.64. The van der Waals surface area contributed by atoms with Crippen LogP contribution < -0.4 is 0 Å². The van der Waals surface area contributed by atoms with Crippen molar-refractivity contribution in [3.05, 3.63) is 0 Å². The molecule has 0 aliphatic heterocycles. The van der Waals surface area contributed by atoms with E-state index in [1.54, 1.807) is 13.8 Å². The molecule has 1 atom stereocenters. The molecule has 50 valence electrons. The van der Waals surface area contributed by atoms with Crippen molar-refractivity contribution in [1.82, 2.24) is 0 Å². The first-order valence-corrected chi connectivity index (χ1v) is 2.52. The first-order chi connectivity index (χ1) is 3.55. The van der Waals surface area contributed by atoms with Gasteiger partial charge in [-0.2, -0.15) is 0 Å². The highest BCUT2D eigenvalue weighted by Gasteiger charge is 2.19. The zero-order valence-corrected chi connectivity index (χ0v) is 4.94. The van der Waals surface area contributed by atoms with Crippen LogP contribution in [0.5, 0.6) is 0 Å². The highest BCUT2D eigenvalue weighted by molar-refractivity contribution is 4.60. The number of aliphatic hydroxyl groups excluding tert-OH is 1. The number of rotatable bonds is 2. The third kappa shape index (κ3) is 2.21. The van der Waals surface area contributed by atoms with Gasteiger partial charge in [0.05, 0.1) is 0 Å². The van der Waals surface area contributed by atoms with E-state index < -0.39 is 12.5 Å². The van der Waals surface area contributed by atoms with Crippen LogP contribution >= 0.6 is 0 Å². The van der Waals surface area contributed by atoms with E-state index in [1.807, 2.05) is 0 Å². The van der Waals surface area contributed by atoms with Crippen LogP contribution in [0.25, 0.3) is 0 Å². The van der Waals surface area contributed by atoms with E-state index in [-0.39, 0.29) is 5.92 Å².